The van der Waals surface area contributed by atoms with E-state index in [0.717, 1.165) is 36.6 Å². The van der Waals surface area contributed by atoms with Crippen molar-refractivity contribution in [3.05, 3.63) is 71.4 Å². The van der Waals surface area contributed by atoms with Crippen molar-refractivity contribution in [1.29, 1.82) is 0 Å². The number of rotatable bonds is 20. The van der Waals surface area contributed by atoms with E-state index in [2.05, 4.69) is 39.8 Å². The number of nitrogen functional groups attached to an aromatic ring is 2. The molecular formula is C43H62N12O4. The number of hydrogen-bond acceptors (Lipinski definition) is 12. The van der Waals surface area contributed by atoms with Gasteiger partial charge in [-0.25, -0.2) is 33.1 Å². The van der Waals surface area contributed by atoms with Gasteiger partial charge in [0.1, 0.15) is 36.4 Å². The van der Waals surface area contributed by atoms with Crippen LogP contribution in [-0.4, -0.2) is 91.6 Å². The molecule has 2 aliphatic rings. The van der Waals surface area contributed by atoms with Crippen molar-refractivity contribution in [3.8, 4) is 22.5 Å². The Balaban J connectivity index is 0.000000255. The lowest BCUT2D eigenvalue weighted by atomic mass is 9.97. The smallest absolute Gasteiger partial charge is 0.237 e. The monoisotopic (exact) mass is 818 g/mol. The predicted molar refractivity (Wildman–Crippen MR) is 226 cm³/mol. The molecule has 16 heteroatoms. The highest BCUT2D eigenvalue weighted by Crippen LogP contribution is 2.39. The van der Waals surface area contributed by atoms with Gasteiger partial charge in [-0.3, -0.25) is 9.36 Å². The maximum Gasteiger partial charge on any atom is 0.237 e. The van der Waals surface area contributed by atoms with Crippen LogP contribution >= 0.6 is 0 Å². The van der Waals surface area contributed by atoms with Crippen LogP contribution in [0.4, 0.5) is 11.6 Å². The SMILES string of the molecule is [2H]C1([2H])C([C@@H](C[N+]#[C-])n2cc(-c3ncnc(N)c3CC(OCC)OCC)cn2)C([2H])([2H])C([2H])(C)C1([2H])[2H].[C-]#[N+]C[C@H](C1CCCC1)n1cc(-c2ncnc(N)c2CC(OCC)OCC)cn1. The van der Waals surface area contributed by atoms with Gasteiger partial charge in [0.25, 0.3) is 0 Å². The number of anilines is 2. The Hall–Kier alpha value is -5.00. The lowest BCUT2D eigenvalue weighted by molar-refractivity contribution is -0.134. The van der Waals surface area contributed by atoms with Crippen molar-refractivity contribution in [2.45, 2.75) is 117 Å². The molecule has 0 bridgehead atoms. The summed E-state index contributed by atoms with van der Waals surface area (Å²) < 4.78 is 85.1. The summed E-state index contributed by atoms with van der Waals surface area (Å²) in [6.45, 7) is 25.4. The van der Waals surface area contributed by atoms with Gasteiger partial charge in [-0.2, -0.15) is 10.2 Å². The minimum atomic E-state index is -2.83. The molecule has 4 atom stereocenters. The van der Waals surface area contributed by atoms with Gasteiger partial charge in [0.2, 0.25) is 13.1 Å². The molecule has 0 amide bonds. The van der Waals surface area contributed by atoms with Crippen LogP contribution in [0.15, 0.2) is 37.4 Å². The molecule has 2 aliphatic carbocycles. The Morgan fingerprint density at radius 3 is 1.56 bits per heavy atom. The highest BCUT2D eigenvalue weighted by atomic mass is 16.7. The third kappa shape index (κ3) is 12.0. The first-order valence-electron chi connectivity index (χ1n) is 23.8. The quantitative estimate of drug-likeness (QED) is 0.0672. The third-order valence-electron chi connectivity index (χ3n) is 10.2. The Labute approximate surface area is 358 Å². The highest BCUT2D eigenvalue weighted by Gasteiger charge is 2.33. The maximum atomic E-state index is 8.59. The molecule has 0 spiro atoms. The first kappa shape index (κ1) is 35.9. The second kappa shape index (κ2) is 23.0. The topological polar surface area (TPSA) is 185 Å². The Morgan fingerprint density at radius 2 is 1.17 bits per heavy atom. The van der Waals surface area contributed by atoms with Crippen molar-refractivity contribution in [3.63, 3.8) is 0 Å². The number of ether oxygens (including phenoxy) is 4. The van der Waals surface area contributed by atoms with Gasteiger partial charge < -0.3 is 40.1 Å². The minimum absolute atomic E-state index is 0.103. The van der Waals surface area contributed by atoms with E-state index in [0.29, 0.717) is 67.9 Å². The van der Waals surface area contributed by atoms with Crippen LogP contribution in [0.3, 0.4) is 0 Å². The third-order valence-corrected chi connectivity index (χ3v) is 10.2. The van der Waals surface area contributed by atoms with E-state index in [9.17, 15) is 0 Å². The molecule has 2 unspecified atom stereocenters. The van der Waals surface area contributed by atoms with E-state index in [-0.39, 0.29) is 24.8 Å². The number of aromatic nitrogens is 8. The van der Waals surface area contributed by atoms with Crippen molar-refractivity contribution in [1.82, 2.24) is 39.5 Å². The van der Waals surface area contributed by atoms with Crippen LogP contribution in [0.5, 0.6) is 0 Å². The zero-order chi connectivity index (χ0) is 48.5. The molecule has 59 heavy (non-hydrogen) atoms. The Kier molecular flexibility index (Phi) is 14.0. The molecule has 2 saturated carbocycles. The summed E-state index contributed by atoms with van der Waals surface area (Å²) in [5.74, 6) is -2.95. The maximum absolute atomic E-state index is 8.59. The first-order valence-corrected chi connectivity index (χ1v) is 20.3. The Morgan fingerprint density at radius 1 is 0.729 bits per heavy atom. The minimum Gasteiger partial charge on any atom is -0.383 e. The van der Waals surface area contributed by atoms with Crippen LogP contribution in [0.25, 0.3) is 32.2 Å². The molecule has 6 rings (SSSR count). The zero-order valence-corrected chi connectivity index (χ0v) is 34.7. The standard InChI is InChI=1S/C22H32N6O2.C21H30N6O2/c1-5-29-20(30-6-2)10-18-21(25-14-26-22(18)23)17-11-27-28(13-17)19(12-24-4)16-8-7-15(3)9-16;1-4-28-19(29-5-2)10-17-20(24-14-25-21(17)22)16-11-26-27(13-16)18(12-23-3)15-8-6-7-9-15/h11,13-16,19-20H,5-10,12H2,1-3H3,(H2,23,25,26);11,13-15,18-19H,4-10,12H2,1-2H3,(H2,22,24,25)/t15?,16?,19-;18-/m11/s1/i7D2,8D2,9D2,15D;. The fraction of sp³-hybridized carbons (Fsp3) is 0.628. The van der Waals surface area contributed by atoms with Gasteiger partial charge in [0.05, 0.1) is 23.8 Å². The summed E-state index contributed by atoms with van der Waals surface area (Å²) in [7, 11) is 0. The van der Waals surface area contributed by atoms with Crippen LogP contribution in [0.2, 0.25) is 0 Å². The van der Waals surface area contributed by atoms with Gasteiger partial charge in [0, 0.05) is 83.5 Å². The van der Waals surface area contributed by atoms with Crippen molar-refractivity contribution >= 4 is 11.6 Å². The van der Waals surface area contributed by atoms with E-state index in [1.54, 1.807) is 6.20 Å². The fourth-order valence-electron chi connectivity index (χ4n) is 7.45. The molecule has 4 aromatic heterocycles. The van der Waals surface area contributed by atoms with E-state index in [1.807, 2.05) is 38.6 Å². The van der Waals surface area contributed by atoms with Gasteiger partial charge in [-0.1, -0.05) is 26.1 Å². The Bertz CT molecular complexity index is 2260. The molecular weight excluding hydrogens is 749 g/mol. The lowest BCUT2D eigenvalue weighted by Gasteiger charge is -2.20. The summed E-state index contributed by atoms with van der Waals surface area (Å²) in [6, 6.07) is -1.09. The van der Waals surface area contributed by atoms with E-state index < -0.39 is 49.6 Å². The van der Waals surface area contributed by atoms with Crippen LogP contribution in [0.1, 0.15) is 112 Å². The molecule has 0 aliphatic heterocycles. The van der Waals surface area contributed by atoms with Crippen molar-refractivity contribution in [2.75, 3.05) is 51.0 Å². The number of nitrogens with two attached hydrogens (primary N) is 2. The largest absolute Gasteiger partial charge is 0.383 e. The fourth-order valence-corrected chi connectivity index (χ4v) is 7.45. The molecule has 4 heterocycles. The lowest BCUT2D eigenvalue weighted by Crippen LogP contribution is -2.22. The molecule has 0 saturated heterocycles. The molecule has 2 fully saturated rings. The van der Waals surface area contributed by atoms with Gasteiger partial charge in [0.15, 0.2) is 12.6 Å². The van der Waals surface area contributed by atoms with Gasteiger partial charge in [-0.05, 0) is 71.0 Å². The van der Waals surface area contributed by atoms with Gasteiger partial charge in [-0.15, -0.1) is 0 Å². The predicted octanol–water partition coefficient (Wildman–Crippen LogP) is 7.27. The summed E-state index contributed by atoms with van der Waals surface area (Å²) in [6.07, 6.45) is 5.75. The molecule has 16 nitrogen and oxygen atoms in total. The zero-order valence-electron chi connectivity index (χ0n) is 41.7. The van der Waals surface area contributed by atoms with Crippen molar-refractivity contribution in [2.24, 2.45) is 17.7 Å². The summed E-state index contributed by atoms with van der Waals surface area (Å²) in [5, 5.41) is 8.89. The molecule has 4 aromatic rings. The molecule has 0 aromatic carbocycles. The van der Waals surface area contributed by atoms with E-state index in [1.165, 1.54) is 42.6 Å². The van der Waals surface area contributed by atoms with Crippen LogP contribution < -0.4 is 11.5 Å². The van der Waals surface area contributed by atoms with Crippen LogP contribution in [-0.2, 0) is 31.8 Å². The summed E-state index contributed by atoms with van der Waals surface area (Å²) in [5.41, 5.74) is 16.2. The van der Waals surface area contributed by atoms with Gasteiger partial charge >= 0.3 is 0 Å². The average Bonchev–Trinajstić information content (AvgIpc) is 4.09. The summed E-state index contributed by atoms with van der Waals surface area (Å²) >= 11 is 0. The van der Waals surface area contributed by atoms with Crippen LogP contribution in [0, 0.1) is 30.9 Å². The summed E-state index contributed by atoms with van der Waals surface area (Å²) in [4.78, 5) is 24.1. The normalized spacial score (nSPS) is 23.3. The number of nitrogens with zero attached hydrogens (tertiary/aromatic N) is 10. The number of hydrogen-bond donors (Lipinski definition) is 2. The second-order valence-electron chi connectivity index (χ2n) is 14.1. The highest BCUT2D eigenvalue weighted by molar-refractivity contribution is 5.67. The van der Waals surface area contributed by atoms with E-state index >= 15 is 0 Å². The first-order chi connectivity index (χ1) is 31.4. The average molecular weight is 818 g/mol. The van der Waals surface area contributed by atoms with E-state index in [4.69, 9.17) is 53.2 Å². The van der Waals surface area contributed by atoms with Crippen molar-refractivity contribution < 1.29 is 28.5 Å². The molecule has 0 radical (unpaired) electrons. The second-order valence-corrected chi connectivity index (χ2v) is 14.1. The molecule has 318 valence electrons. The molecule has 4 N–H and O–H groups in total.